The zero-order chi connectivity index (χ0) is 45.5. The lowest BCUT2D eigenvalue weighted by atomic mass is 10.1. The molecule has 8 nitrogen and oxygen atoms in total. The predicted molar refractivity (Wildman–Crippen MR) is 266 cm³/mol. The summed E-state index contributed by atoms with van der Waals surface area (Å²) in [6, 6.07) is 0. The van der Waals surface area contributed by atoms with Crippen molar-refractivity contribution in [2.45, 2.75) is 232 Å². The van der Waals surface area contributed by atoms with E-state index in [2.05, 4.69) is 62.5 Å². The molecule has 2 unspecified atom stereocenters. The Hall–Kier alpha value is -1.54. The minimum Gasteiger partial charge on any atom is -0.457 e. The molecule has 0 heterocycles. The topological polar surface area (TPSA) is 91.3 Å². The van der Waals surface area contributed by atoms with Crippen molar-refractivity contribution >= 4 is 13.8 Å². The van der Waals surface area contributed by atoms with Crippen molar-refractivity contribution in [3.05, 3.63) is 48.6 Å². The highest BCUT2D eigenvalue weighted by Gasteiger charge is 2.26. The summed E-state index contributed by atoms with van der Waals surface area (Å²) in [5, 5.41) is 0. The molecular weight excluding hydrogens is 794 g/mol. The Labute approximate surface area is 384 Å². The van der Waals surface area contributed by atoms with E-state index in [1.54, 1.807) is 0 Å². The second kappa shape index (κ2) is 46.0. The van der Waals surface area contributed by atoms with Gasteiger partial charge in [0.15, 0.2) is 0 Å². The van der Waals surface area contributed by atoms with Crippen LogP contribution in [0.4, 0.5) is 0 Å². The van der Waals surface area contributed by atoms with E-state index < -0.39 is 13.9 Å². The van der Waals surface area contributed by atoms with Gasteiger partial charge in [-0.3, -0.25) is 13.8 Å². The lowest BCUT2D eigenvalue weighted by Crippen LogP contribution is -2.37. The van der Waals surface area contributed by atoms with E-state index >= 15 is 0 Å². The molecule has 0 aliphatic heterocycles. The predicted octanol–water partition coefficient (Wildman–Crippen LogP) is 15.9. The molecule has 0 aliphatic carbocycles. The summed E-state index contributed by atoms with van der Waals surface area (Å²) >= 11 is 0. The minimum absolute atomic E-state index is 0.0842. The molecule has 62 heavy (non-hydrogen) atoms. The Morgan fingerprint density at radius 3 is 1.34 bits per heavy atom. The fourth-order valence-corrected chi connectivity index (χ4v) is 7.83. The lowest BCUT2D eigenvalue weighted by molar-refractivity contribution is -0.870. The van der Waals surface area contributed by atoms with Crippen LogP contribution in [-0.4, -0.2) is 75.6 Å². The van der Waals surface area contributed by atoms with Gasteiger partial charge in [-0.1, -0.05) is 191 Å². The molecule has 0 bridgehead atoms. The van der Waals surface area contributed by atoms with Gasteiger partial charge < -0.3 is 18.9 Å². The second-order valence-electron chi connectivity index (χ2n) is 18.5. The number of likely N-dealkylation sites (N-methyl/N-ethyl adjacent to an activating group) is 1. The molecule has 0 saturated carbocycles. The molecule has 0 aromatic rings. The van der Waals surface area contributed by atoms with Gasteiger partial charge in [-0.25, -0.2) is 4.57 Å². The molecule has 0 aliphatic rings. The first-order valence-electron chi connectivity index (χ1n) is 25.9. The van der Waals surface area contributed by atoms with E-state index in [1.165, 1.54) is 148 Å². The van der Waals surface area contributed by atoms with Crippen molar-refractivity contribution < 1.29 is 37.3 Å². The summed E-state index contributed by atoms with van der Waals surface area (Å²) in [4.78, 5) is 23.0. The number of carbonyl (C=O) groups excluding carboxylic acids is 1. The maximum atomic E-state index is 12.8. The van der Waals surface area contributed by atoms with Crippen LogP contribution in [0.15, 0.2) is 48.6 Å². The monoisotopic (exact) mass is 895 g/mol. The van der Waals surface area contributed by atoms with Crippen LogP contribution in [0.2, 0.25) is 0 Å². The zero-order valence-electron chi connectivity index (χ0n) is 41.4. The largest absolute Gasteiger partial charge is 0.472 e. The summed E-state index contributed by atoms with van der Waals surface area (Å²) in [7, 11) is 1.66. The normalized spacial score (nSPS) is 14.0. The zero-order valence-corrected chi connectivity index (χ0v) is 42.3. The van der Waals surface area contributed by atoms with Crippen LogP contribution in [0.3, 0.4) is 0 Å². The van der Waals surface area contributed by atoms with Crippen molar-refractivity contribution in [1.29, 1.82) is 0 Å². The van der Waals surface area contributed by atoms with Crippen molar-refractivity contribution in [3.63, 3.8) is 0 Å². The number of hydrogen-bond donors (Lipinski definition) is 1. The molecule has 0 fully saturated rings. The average molecular weight is 895 g/mol. The molecule has 0 saturated heterocycles. The van der Waals surface area contributed by atoms with E-state index in [9.17, 15) is 14.3 Å². The number of carbonyl (C=O) groups is 1. The molecule has 0 radical (unpaired) electrons. The average Bonchev–Trinajstić information content (AvgIpc) is 3.23. The van der Waals surface area contributed by atoms with Crippen LogP contribution >= 0.6 is 7.82 Å². The lowest BCUT2D eigenvalue weighted by Gasteiger charge is -2.24. The number of quaternary nitrogens is 1. The Kier molecular flexibility index (Phi) is 44.9. The van der Waals surface area contributed by atoms with Gasteiger partial charge >= 0.3 is 13.8 Å². The maximum Gasteiger partial charge on any atom is 0.472 e. The quantitative estimate of drug-likeness (QED) is 0.0214. The first-order valence-corrected chi connectivity index (χ1v) is 27.4. The number of esters is 1. The van der Waals surface area contributed by atoms with Crippen LogP contribution in [0, 0.1) is 0 Å². The first-order chi connectivity index (χ1) is 30.1. The number of hydrogen-bond acceptors (Lipinski definition) is 6. The summed E-state index contributed by atoms with van der Waals surface area (Å²) in [5.74, 6) is -0.326. The molecule has 0 aromatic carbocycles. The molecule has 9 heteroatoms. The number of phosphoric acid groups is 1. The van der Waals surface area contributed by atoms with Gasteiger partial charge in [0.1, 0.15) is 19.3 Å². The number of rotatable bonds is 48. The Morgan fingerprint density at radius 2 is 0.887 bits per heavy atom. The Morgan fingerprint density at radius 1 is 0.500 bits per heavy atom. The van der Waals surface area contributed by atoms with Gasteiger partial charge in [0.2, 0.25) is 0 Å². The molecule has 0 amide bonds. The van der Waals surface area contributed by atoms with Gasteiger partial charge in [-0.2, -0.15) is 0 Å². The number of allylic oxidation sites excluding steroid dienone is 8. The summed E-state index contributed by atoms with van der Waals surface area (Å²) in [6.07, 6.45) is 57.2. The first kappa shape index (κ1) is 60.5. The highest BCUT2D eigenvalue weighted by atomic mass is 31.2. The number of ether oxygens (including phenoxy) is 2. The van der Waals surface area contributed by atoms with Crippen LogP contribution < -0.4 is 0 Å². The van der Waals surface area contributed by atoms with Crippen molar-refractivity contribution in [3.8, 4) is 0 Å². The number of nitrogens with zero attached hydrogens (tertiary/aromatic N) is 1. The van der Waals surface area contributed by atoms with E-state index in [0.717, 1.165) is 57.8 Å². The highest BCUT2D eigenvalue weighted by molar-refractivity contribution is 7.47. The maximum absolute atomic E-state index is 12.8. The van der Waals surface area contributed by atoms with E-state index in [1.807, 2.05) is 21.1 Å². The fraction of sp³-hybridized carbons (Fsp3) is 0.830. The van der Waals surface area contributed by atoms with E-state index in [-0.39, 0.29) is 25.8 Å². The van der Waals surface area contributed by atoms with Gasteiger partial charge in [0, 0.05) is 13.0 Å². The Balaban J connectivity index is 4.18. The highest BCUT2D eigenvalue weighted by Crippen LogP contribution is 2.43. The number of phosphoric ester groups is 1. The van der Waals surface area contributed by atoms with Crippen molar-refractivity contribution in [1.82, 2.24) is 0 Å². The minimum atomic E-state index is -4.29. The molecule has 1 N–H and O–H groups in total. The van der Waals surface area contributed by atoms with Gasteiger partial charge in [-0.05, 0) is 77.0 Å². The van der Waals surface area contributed by atoms with Crippen LogP contribution in [-0.2, 0) is 27.9 Å². The summed E-state index contributed by atoms with van der Waals surface area (Å²) in [6.45, 7) is 5.61. The van der Waals surface area contributed by atoms with Gasteiger partial charge in [-0.15, -0.1) is 0 Å². The summed E-state index contributed by atoms with van der Waals surface area (Å²) in [5.41, 5.74) is 0. The van der Waals surface area contributed by atoms with Crippen molar-refractivity contribution in [2.24, 2.45) is 0 Å². The van der Waals surface area contributed by atoms with Crippen LogP contribution in [0.5, 0.6) is 0 Å². The fourth-order valence-electron chi connectivity index (χ4n) is 7.08. The smallest absolute Gasteiger partial charge is 0.457 e. The third kappa shape index (κ3) is 49.5. The summed E-state index contributed by atoms with van der Waals surface area (Å²) < 4.78 is 35.1. The van der Waals surface area contributed by atoms with Gasteiger partial charge in [0.25, 0.3) is 0 Å². The SMILES string of the molecule is CCCCCCC/C=C\C/C=C\C/C=C\CCCCCCCCC(=O)OC(COCCCCCCCCCC/C=C\CCCCCCCCC)COP(=O)(O)OCC[N+](C)(C)C. The van der Waals surface area contributed by atoms with Crippen LogP contribution in [0.1, 0.15) is 226 Å². The van der Waals surface area contributed by atoms with Crippen molar-refractivity contribution in [2.75, 3.05) is 54.1 Å². The van der Waals surface area contributed by atoms with E-state index in [4.69, 9.17) is 18.5 Å². The molecule has 0 rings (SSSR count). The molecule has 0 spiro atoms. The third-order valence-electron chi connectivity index (χ3n) is 11.1. The standard InChI is InChI=1S/C53H100NO7P/c1-6-8-10-12-14-16-18-20-22-24-26-27-28-30-32-34-36-38-40-42-44-46-53(55)61-52(51-60-62(56,57)59-49-47-54(3,4)5)50-58-48-45-43-41-39-37-35-33-31-29-25-23-21-19-17-15-13-11-9-7-2/h18,20,23-26,28,30,52H,6-17,19,21-22,27,29,31-51H2,1-5H3/p+1/b20-18-,25-23-,26-24-,30-28-. The van der Waals surface area contributed by atoms with Crippen LogP contribution in [0.25, 0.3) is 0 Å². The Bertz CT molecular complexity index is 1130. The molecule has 0 aromatic heterocycles. The number of unbranched alkanes of at least 4 members (excludes halogenated alkanes) is 26. The third-order valence-corrected chi connectivity index (χ3v) is 12.1. The second-order valence-corrected chi connectivity index (χ2v) is 20.0. The molecule has 364 valence electrons. The van der Waals surface area contributed by atoms with E-state index in [0.29, 0.717) is 24.1 Å². The van der Waals surface area contributed by atoms with Gasteiger partial charge in [0.05, 0.1) is 34.4 Å². The molecule has 2 atom stereocenters. The molecular formula is C53H101NO7P+.